The molecule has 0 aliphatic carbocycles. The third kappa shape index (κ3) is 3.92. The van der Waals surface area contributed by atoms with Crippen molar-refractivity contribution in [2.45, 2.75) is 113 Å². The number of rotatable bonds is 7. The Kier molecular flexibility index (Phi) is 7.53. The van der Waals surface area contributed by atoms with Gasteiger partial charge in [-0.2, -0.15) is 0 Å². The molecule has 0 aliphatic rings. The number of hydrogen-bond donors (Lipinski definition) is 2. The lowest BCUT2D eigenvalue weighted by atomic mass is 9.40. The van der Waals surface area contributed by atoms with E-state index in [-0.39, 0.29) is 0 Å². The molecule has 0 fully saturated rings. The van der Waals surface area contributed by atoms with E-state index in [0.29, 0.717) is 6.42 Å². The minimum absolute atomic E-state index is 0.428. The van der Waals surface area contributed by atoms with Gasteiger partial charge in [0.15, 0.2) is 0 Å². The second-order valence-electron chi connectivity index (χ2n) is 12.1. The zero-order valence-electron chi connectivity index (χ0n) is 21.1. The smallest absolute Gasteiger partial charge is 0.103 e. The maximum absolute atomic E-state index is 12.9. The SMILES string of the molecule is CCCCC(CC)(C(O)(c1ccccc1)C(C)(C)C)C(O)(C(C)(C)C)C(C)(C)C. The van der Waals surface area contributed by atoms with Crippen molar-refractivity contribution < 1.29 is 10.2 Å². The predicted octanol–water partition coefficient (Wildman–Crippen LogP) is 7.33. The molecule has 1 rings (SSSR count). The molecule has 29 heavy (non-hydrogen) atoms. The fourth-order valence-corrected chi connectivity index (χ4v) is 6.46. The average Bonchev–Trinajstić information content (AvgIpc) is 2.59. The van der Waals surface area contributed by atoms with Gasteiger partial charge in [0.05, 0.1) is 5.60 Å². The summed E-state index contributed by atoms with van der Waals surface area (Å²) in [5.41, 5.74) is -3.48. The zero-order chi connectivity index (χ0) is 22.9. The summed E-state index contributed by atoms with van der Waals surface area (Å²) in [5.74, 6) is 0. The van der Waals surface area contributed by atoms with E-state index in [1.165, 1.54) is 0 Å². The van der Waals surface area contributed by atoms with Crippen molar-refractivity contribution in [3.05, 3.63) is 35.9 Å². The molecule has 0 saturated carbocycles. The normalized spacial score (nSPS) is 18.2. The van der Waals surface area contributed by atoms with Crippen molar-refractivity contribution in [2.24, 2.45) is 21.7 Å². The highest BCUT2D eigenvalue weighted by Gasteiger charge is 2.71. The Bertz CT molecular complexity index is 628. The van der Waals surface area contributed by atoms with E-state index in [0.717, 1.165) is 24.8 Å². The molecule has 2 nitrogen and oxygen atoms in total. The highest BCUT2D eigenvalue weighted by Crippen LogP contribution is 2.67. The van der Waals surface area contributed by atoms with Gasteiger partial charge in [-0.25, -0.2) is 0 Å². The molecule has 0 saturated heterocycles. The molecule has 0 bridgehead atoms. The molecule has 0 amide bonds. The first-order chi connectivity index (χ1) is 13.0. The molecule has 2 N–H and O–H groups in total. The highest BCUT2D eigenvalue weighted by molar-refractivity contribution is 5.32. The summed E-state index contributed by atoms with van der Waals surface area (Å²) in [6.07, 6.45) is 3.46. The van der Waals surface area contributed by atoms with Crippen LogP contribution in [-0.4, -0.2) is 15.8 Å². The van der Waals surface area contributed by atoms with E-state index >= 15 is 0 Å². The van der Waals surface area contributed by atoms with Crippen molar-refractivity contribution in [1.29, 1.82) is 0 Å². The second-order valence-corrected chi connectivity index (χ2v) is 12.1. The van der Waals surface area contributed by atoms with Crippen LogP contribution in [0.1, 0.15) is 107 Å². The van der Waals surface area contributed by atoms with Gasteiger partial charge in [-0.1, -0.05) is 119 Å². The van der Waals surface area contributed by atoms with Gasteiger partial charge in [0.1, 0.15) is 5.60 Å². The van der Waals surface area contributed by atoms with Gasteiger partial charge in [-0.3, -0.25) is 0 Å². The van der Waals surface area contributed by atoms with Crippen LogP contribution in [0.15, 0.2) is 30.3 Å². The third-order valence-electron chi connectivity index (χ3n) is 7.39. The molecule has 0 spiro atoms. The van der Waals surface area contributed by atoms with Crippen molar-refractivity contribution in [2.75, 3.05) is 0 Å². The summed E-state index contributed by atoms with van der Waals surface area (Å²) in [7, 11) is 0. The maximum Gasteiger partial charge on any atom is 0.103 e. The van der Waals surface area contributed by atoms with Gasteiger partial charge in [-0.05, 0) is 34.7 Å². The molecular formula is C27H48O2. The Labute approximate surface area is 181 Å². The summed E-state index contributed by atoms with van der Waals surface area (Å²) in [4.78, 5) is 0. The molecule has 1 aromatic rings. The largest absolute Gasteiger partial charge is 0.388 e. The molecule has 1 aromatic carbocycles. The fraction of sp³-hybridized carbons (Fsp3) is 0.778. The summed E-state index contributed by atoms with van der Waals surface area (Å²) >= 11 is 0. The molecule has 0 heterocycles. The average molecular weight is 405 g/mol. The van der Waals surface area contributed by atoms with Crippen molar-refractivity contribution in [3.8, 4) is 0 Å². The van der Waals surface area contributed by atoms with Gasteiger partial charge >= 0.3 is 0 Å². The molecular weight excluding hydrogens is 356 g/mol. The Balaban J connectivity index is 4.18. The van der Waals surface area contributed by atoms with E-state index in [1.54, 1.807) is 0 Å². The molecule has 168 valence electrons. The molecule has 2 heteroatoms. The summed E-state index contributed by atoms with van der Waals surface area (Å²) in [6.45, 7) is 23.4. The first kappa shape index (κ1) is 26.2. The van der Waals surface area contributed by atoms with Crippen LogP contribution < -0.4 is 0 Å². The Morgan fingerprint density at radius 1 is 0.690 bits per heavy atom. The summed E-state index contributed by atoms with van der Waals surface area (Å²) in [6, 6.07) is 10.1. The van der Waals surface area contributed by atoms with Gasteiger partial charge in [-0.15, -0.1) is 0 Å². The zero-order valence-corrected chi connectivity index (χ0v) is 21.1. The lowest BCUT2D eigenvalue weighted by molar-refractivity contribution is -0.310. The monoisotopic (exact) mass is 404 g/mol. The van der Waals surface area contributed by atoms with Crippen LogP contribution in [0.3, 0.4) is 0 Å². The molecule has 0 aromatic heterocycles. The van der Waals surface area contributed by atoms with Crippen molar-refractivity contribution in [3.63, 3.8) is 0 Å². The lowest BCUT2D eigenvalue weighted by Gasteiger charge is -2.68. The first-order valence-corrected chi connectivity index (χ1v) is 11.5. The summed E-state index contributed by atoms with van der Waals surface area (Å²) in [5, 5.41) is 25.7. The van der Waals surface area contributed by atoms with Crippen LogP contribution in [0.25, 0.3) is 0 Å². The summed E-state index contributed by atoms with van der Waals surface area (Å²) < 4.78 is 0. The van der Waals surface area contributed by atoms with Crippen molar-refractivity contribution >= 4 is 0 Å². The van der Waals surface area contributed by atoms with Crippen LogP contribution >= 0.6 is 0 Å². The quantitative estimate of drug-likeness (QED) is 0.499. The second kappa shape index (κ2) is 8.35. The van der Waals surface area contributed by atoms with Crippen LogP contribution in [-0.2, 0) is 5.60 Å². The van der Waals surface area contributed by atoms with E-state index < -0.39 is 32.9 Å². The lowest BCUT2D eigenvalue weighted by Crippen LogP contribution is -2.72. The van der Waals surface area contributed by atoms with E-state index in [4.69, 9.17) is 0 Å². The highest BCUT2D eigenvalue weighted by atomic mass is 16.3. The minimum atomic E-state index is -1.21. The van der Waals surface area contributed by atoms with E-state index in [1.807, 2.05) is 30.3 Å². The van der Waals surface area contributed by atoms with Gasteiger partial charge in [0, 0.05) is 5.41 Å². The molecule has 0 aliphatic heterocycles. The standard InChI is InChI=1S/C27H48O2/c1-12-14-20-25(13-2,27(29,23(6,7)8)24(9,10)11)26(28,22(3,4)5)21-18-16-15-17-19-21/h15-19,28-29H,12-14,20H2,1-11H3. The van der Waals surface area contributed by atoms with Gasteiger partial charge in [0.25, 0.3) is 0 Å². The van der Waals surface area contributed by atoms with Crippen molar-refractivity contribution in [1.82, 2.24) is 0 Å². The fourth-order valence-electron chi connectivity index (χ4n) is 6.46. The van der Waals surface area contributed by atoms with Crippen LogP contribution in [0.2, 0.25) is 0 Å². The number of unbranched alkanes of at least 4 members (excludes halogenated alkanes) is 1. The van der Waals surface area contributed by atoms with Gasteiger partial charge in [0.2, 0.25) is 0 Å². The van der Waals surface area contributed by atoms with E-state index in [2.05, 4.69) is 76.2 Å². The number of hydrogen-bond acceptors (Lipinski definition) is 2. The first-order valence-electron chi connectivity index (χ1n) is 11.5. The molecule has 0 radical (unpaired) electrons. The molecule has 2 atom stereocenters. The topological polar surface area (TPSA) is 40.5 Å². The van der Waals surface area contributed by atoms with Gasteiger partial charge < -0.3 is 10.2 Å². The van der Waals surface area contributed by atoms with Crippen LogP contribution in [0.5, 0.6) is 0 Å². The number of aliphatic hydroxyl groups is 2. The van der Waals surface area contributed by atoms with Crippen LogP contribution in [0.4, 0.5) is 0 Å². The Morgan fingerprint density at radius 2 is 1.14 bits per heavy atom. The van der Waals surface area contributed by atoms with Crippen LogP contribution in [0, 0.1) is 21.7 Å². The minimum Gasteiger partial charge on any atom is -0.388 e. The number of benzene rings is 1. The van der Waals surface area contributed by atoms with E-state index in [9.17, 15) is 10.2 Å². The Hall–Kier alpha value is -0.860. The Morgan fingerprint density at radius 3 is 1.45 bits per heavy atom. The predicted molar refractivity (Wildman–Crippen MR) is 126 cm³/mol. The molecule has 2 unspecified atom stereocenters. The maximum atomic E-state index is 12.9. The third-order valence-corrected chi connectivity index (χ3v) is 7.39.